The van der Waals surface area contributed by atoms with Crippen molar-refractivity contribution in [3.63, 3.8) is 0 Å². The Morgan fingerprint density at radius 3 is 2.71 bits per heavy atom. The number of rotatable bonds is 3. The molecular weight excluding hydrogens is 236 g/mol. The first-order valence-electron chi connectivity index (χ1n) is 5.27. The zero-order chi connectivity index (χ0) is 12.9. The first kappa shape index (κ1) is 13.7. The van der Waals surface area contributed by atoms with Gasteiger partial charge in [0.15, 0.2) is 0 Å². The van der Waals surface area contributed by atoms with E-state index < -0.39 is 10.0 Å². The van der Waals surface area contributed by atoms with Crippen LogP contribution in [0.2, 0.25) is 0 Å². The van der Waals surface area contributed by atoms with Crippen LogP contribution in [0.5, 0.6) is 0 Å². The van der Waals surface area contributed by atoms with Crippen LogP contribution >= 0.6 is 0 Å². The third kappa shape index (κ3) is 4.19. The molecule has 0 heterocycles. The smallest absolute Gasteiger partial charge is 0.240 e. The van der Waals surface area contributed by atoms with Gasteiger partial charge in [0, 0.05) is 11.6 Å². The summed E-state index contributed by atoms with van der Waals surface area (Å²) in [5, 5.41) is 0. The Hall–Kier alpha value is -1.35. The van der Waals surface area contributed by atoms with Gasteiger partial charge in [-0.25, -0.2) is 13.1 Å². The zero-order valence-corrected chi connectivity index (χ0v) is 10.7. The van der Waals surface area contributed by atoms with Crippen LogP contribution in [0.3, 0.4) is 0 Å². The molecule has 0 aliphatic heterocycles. The Morgan fingerprint density at radius 1 is 1.41 bits per heavy atom. The summed E-state index contributed by atoms with van der Waals surface area (Å²) >= 11 is 0. The SMILES string of the molecule is CC(C)NS(=O)(=O)c1cccc(C#CCN)c1. The van der Waals surface area contributed by atoms with Gasteiger partial charge in [-0.3, -0.25) is 0 Å². The van der Waals surface area contributed by atoms with E-state index in [1.807, 2.05) is 0 Å². The van der Waals surface area contributed by atoms with E-state index in [2.05, 4.69) is 16.6 Å². The zero-order valence-electron chi connectivity index (χ0n) is 9.90. The minimum Gasteiger partial charge on any atom is -0.320 e. The largest absolute Gasteiger partial charge is 0.320 e. The maximum atomic E-state index is 11.9. The number of hydrogen-bond donors (Lipinski definition) is 2. The van der Waals surface area contributed by atoms with Gasteiger partial charge in [-0.2, -0.15) is 0 Å². The van der Waals surface area contributed by atoms with Crippen LogP contribution < -0.4 is 10.5 Å². The summed E-state index contributed by atoms with van der Waals surface area (Å²) in [6.07, 6.45) is 0. The third-order valence-electron chi connectivity index (χ3n) is 1.87. The first-order valence-corrected chi connectivity index (χ1v) is 6.75. The number of nitrogens with two attached hydrogens (primary N) is 1. The van der Waals surface area contributed by atoms with Crippen LogP contribution in [0.15, 0.2) is 29.2 Å². The van der Waals surface area contributed by atoms with Crippen molar-refractivity contribution in [1.82, 2.24) is 4.72 Å². The number of nitrogens with one attached hydrogen (secondary N) is 1. The quantitative estimate of drug-likeness (QED) is 0.777. The molecule has 5 heteroatoms. The van der Waals surface area contributed by atoms with Crippen molar-refractivity contribution >= 4 is 10.0 Å². The fourth-order valence-electron chi connectivity index (χ4n) is 1.27. The topological polar surface area (TPSA) is 72.2 Å². The van der Waals surface area contributed by atoms with Gasteiger partial charge in [-0.05, 0) is 32.0 Å². The third-order valence-corrected chi connectivity index (χ3v) is 3.53. The molecule has 0 fully saturated rings. The second-order valence-electron chi connectivity index (χ2n) is 3.81. The van der Waals surface area contributed by atoms with Crippen LogP contribution in [0.1, 0.15) is 19.4 Å². The van der Waals surface area contributed by atoms with E-state index >= 15 is 0 Å². The Balaban J connectivity index is 3.07. The molecule has 0 aliphatic carbocycles. The highest BCUT2D eigenvalue weighted by atomic mass is 32.2. The fourth-order valence-corrected chi connectivity index (χ4v) is 2.57. The Labute approximate surface area is 102 Å². The summed E-state index contributed by atoms with van der Waals surface area (Å²) in [4.78, 5) is 0.218. The van der Waals surface area contributed by atoms with Crippen molar-refractivity contribution in [2.75, 3.05) is 6.54 Å². The number of sulfonamides is 1. The molecule has 1 aromatic carbocycles. The molecule has 17 heavy (non-hydrogen) atoms. The molecule has 0 aliphatic rings. The van der Waals surface area contributed by atoms with Crippen molar-refractivity contribution in [1.29, 1.82) is 0 Å². The van der Waals surface area contributed by atoms with Crippen LogP contribution in [-0.4, -0.2) is 21.0 Å². The molecule has 0 amide bonds. The average molecular weight is 252 g/mol. The minimum absolute atomic E-state index is 0.140. The maximum Gasteiger partial charge on any atom is 0.240 e. The highest BCUT2D eigenvalue weighted by molar-refractivity contribution is 7.89. The lowest BCUT2D eigenvalue weighted by Gasteiger charge is -2.09. The molecule has 1 aromatic rings. The Bertz CT molecular complexity index is 539. The van der Waals surface area contributed by atoms with E-state index in [4.69, 9.17) is 5.73 Å². The van der Waals surface area contributed by atoms with Crippen molar-refractivity contribution in [3.05, 3.63) is 29.8 Å². The van der Waals surface area contributed by atoms with Crippen molar-refractivity contribution in [2.24, 2.45) is 5.73 Å². The van der Waals surface area contributed by atoms with Gasteiger partial charge in [0.05, 0.1) is 11.4 Å². The molecule has 0 spiro atoms. The molecule has 0 bridgehead atoms. The molecule has 4 nitrogen and oxygen atoms in total. The summed E-state index contributed by atoms with van der Waals surface area (Å²) in [5.41, 5.74) is 5.90. The van der Waals surface area contributed by atoms with Gasteiger partial charge in [0.2, 0.25) is 10.0 Å². The van der Waals surface area contributed by atoms with E-state index in [0.29, 0.717) is 5.56 Å². The maximum absolute atomic E-state index is 11.9. The van der Waals surface area contributed by atoms with Gasteiger partial charge in [0.25, 0.3) is 0 Å². The molecule has 0 atom stereocenters. The lowest BCUT2D eigenvalue weighted by molar-refractivity contribution is 0.570. The van der Waals surface area contributed by atoms with Crippen LogP contribution in [0.25, 0.3) is 0 Å². The van der Waals surface area contributed by atoms with E-state index in [1.165, 1.54) is 6.07 Å². The van der Waals surface area contributed by atoms with Crippen LogP contribution in [-0.2, 0) is 10.0 Å². The number of benzene rings is 1. The molecule has 3 N–H and O–H groups in total. The normalized spacial score (nSPS) is 11.1. The van der Waals surface area contributed by atoms with E-state index in [1.54, 1.807) is 32.0 Å². The lowest BCUT2D eigenvalue weighted by atomic mass is 10.2. The van der Waals surface area contributed by atoms with E-state index in [-0.39, 0.29) is 17.5 Å². The number of hydrogen-bond acceptors (Lipinski definition) is 3. The second-order valence-corrected chi connectivity index (χ2v) is 5.52. The molecule has 0 saturated heterocycles. The molecule has 0 aromatic heterocycles. The van der Waals surface area contributed by atoms with Gasteiger partial charge < -0.3 is 5.73 Å². The molecule has 0 radical (unpaired) electrons. The van der Waals surface area contributed by atoms with Gasteiger partial charge in [-0.15, -0.1) is 0 Å². The summed E-state index contributed by atoms with van der Waals surface area (Å²) < 4.78 is 26.3. The summed E-state index contributed by atoms with van der Waals surface area (Å²) in [7, 11) is -3.46. The highest BCUT2D eigenvalue weighted by Gasteiger charge is 2.14. The van der Waals surface area contributed by atoms with E-state index in [9.17, 15) is 8.42 Å². The molecule has 1 rings (SSSR count). The van der Waals surface area contributed by atoms with Crippen molar-refractivity contribution in [2.45, 2.75) is 24.8 Å². The Morgan fingerprint density at radius 2 is 2.12 bits per heavy atom. The average Bonchev–Trinajstić information content (AvgIpc) is 2.25. The summed E-state index contributed by atoms with van der Waals surface area (Å²) in [5.74, 6) is 5.49. The fraction of sp³-hybridized carbons (Fsp3) is 0.333. The molecular formula is C12H16N2O2S. The standard InChI is InChI=1S/C12H16N2O2S/c1-10(2)14-17(15,16)12-7-3-5-11(9-12)6-4-8-13/h3,5,7,9-10,14H,8,13H2,1-2H3. The van der Waals surface area contributed by atoms with E-state index in [0.717, 1.165) is 0 Å². The molecule has 0 saturated carbocycles. The second kappa shape index (κ2) is 5.82. The summed E-state index contributed by atoms with van der Waals surface area (Å²) in [6.45, 7) is 3.80. The van der Waals surface area contributed by atoms with Gasteiger partial charge >= 0.3 is 0 Å². The molecule has 0 unspecified atom stereocenters. The van der Waals surface area contributed by atoms with Gasteiger partial charge in [0.1, 0.15) is 0 Å². The Kier molecular flexibility index (Phi) is 4.70. The van der Waals surface area contributed by atoms with Crippen LogP contribution in [0.4, 0.5) is 0 Å². The van der Waals surface area contributed by atoms with Gasteiger partial charge in [-0.1, -0.05) is 17.9 Å². The summed E-state index contributed by atoms with van der Waals surface area (Å²) in [6, 6.07) is 6.34. The predicted molar refractivity (Wildman–Crippen MR) is 67.8 cm³/mol. The predicted octanol–water partition coefficient (Wildman–Crippen LogP) is 0.684. The van der Waals surface area contributed by atoms with Crippen molar-refractivity contribution in [3.8, 4) is 11.8 Å². The first-order chi connectivity index (χ1) is 7.95. The lowest BCUT2D eigenvalue weighted by Crippen LogP contribution is -2.30. The minimum atomic E-state index is -3.46. The molecule has 92 valence electrons. The van der Waals surface area contributed by atoms with Crippen LogP contribution in [0, 0.1) is 11.8 Å². The van der Waals surface area contributed by atoms with Crippen molar-refractivity contribution < 1.29 is 8.42 Å². The monoisotopic (exact) mass is 252 g/mol. The highest BCUT2D eigenvalue weighted by Crippen LogP contribution is 2.11.